The van der Waals surface area contributed by atoms with E-state index in [-0.39, 0.29) is 5.78 Å². The third-order valence-corrected chi connectivity index (χ3v) is 3.65. The normalized spacial score (nSPS) is 15.6. The zero-order valence-corrected chi connectivity index (χ0v) is 11.6. The fraction of sp³-hybridized carbons (Fsp3) is 0.500. The summed E-state index contributed by atoms with van der Waals surface area (Å²) in [5, 5.41) is 0.628. The van der Waals surface area contributed by atoms with E-state index in [0.29, 0.717) is 16.3 Å². The van der Waals surface area contributed by atoms with Crippen LogP contribution in [-0.4, -0.2) is 26.0 Å². The number of carbonyl (C=O) groups is 1. The second-order valence-corrected chi connectivity index (χ2v) is 5.01. The van der Waals surface area contributed by atoms with Gasteiger partial charge in [0, 0.05) is 19.2 Å². The fourth-order valence-corrected chi connectivity index (χ4v) is 2.65. The van der Waals surface area contributed by atoms with Crippen molar-refractivity contribution in [3.63, 3.8) is 0 Å². The third kappa shape index (κ3) is 2.61. The summed E-state index contributed by atoms with van der Waals surface area (Å²) >= 11 is 6.29. The number of nitrogens with zero attached hydrogens (tertiary/aromatic N) is 1. The van der Waals surface area contributed by atoms with Gasteiger partial charge in [0.25, 0.3) is 0 Å². The third-order valence-electron chi connectivity index (χ3n) is 3.34. The summed E-state index contributed by atoms with van der Waals surface area (Å²) in [6, 6.07) is 3.59. The lowest BCUT2D eigenvalue weighted by Gasteiger charge is -2.30. The first-order valence-corrected chi connectivity index (χ1v) is 6.64. The molecule has 1 aliphatic heterocycles. The summed E-state index contributed by atoms with van der Waals surface area (Å²) in [5.74, 6) is 0.575. The maximum Gasteiger partial charge on any atom is 0.163 e. The van der Waals surface area contributed by atoms with Gasteiger partial charge in [-0.15, -0.1) is 0 Å². The van der Waals surface area contributed by atoms with Gasteiger partial charge >= 0.3 is 0 Å². The van der Waals surface area contributed by atoms with Crippen molar-refractivity contribution in [1.82, 2.24) is 0 Å². The number of ether oxygens (including phenoxy) is 1. The van der Waals surface area contributed by atoms with Gasteiger partial charge in [-0.2, -0.15) is 0 Å². The molecule has 0 atom stereocenters. The molecule has 0 aliphatic carbocycles. The molecule has 0 radical (unpaired) electrons. The minimum absolute atomic E-state index is 0.0288. The van der Waals surface area contributed by atoms with Crippen molar-refractivity contribution in [3.05, 3.63) is 22.7 Å². The molecular formula is C14H18ClNO2. The van der Waals surface area contributed by atoms with Gasteiger partial charge in [0.1, 0.15) is 5.75 Å². The van der Waals surface area contributed by atoms with E-state index in [0.717, 1.165) is 18.8 Å². The number of hydrogen-bond acceptors (Lipinski definition) is 3. The Labute approximate surface area is 113 Å². The summed E-state index contributed by atoms with van der Waals surface area (Å²) in [6.07, 6.45) is 3.65. The molecular weight excluding hydrogens is 250 g/mol. The van der Waals surface area contributed by atoms with Crippen molar-refractivity contribution in [2.45, 2.75) is 26.2 Å². The lowest BCUT2D eigenvalue weighted by Crippen LogP contribution is -2.29. The van der Waals surface area contributed by atoms with Gasteiger partial charge in [-0.25, -0.2) is 0 Å². The van der Waals surface area contributed by atoms with Gasteiger partial charge in [0.15, 0.2) is 5.78 Å². The molecule has 1 aliphatic rings. The molecule has 0 amide bonds. The second-order valence-electron chi connectivity index (χ2n) is 4.61. The van der Waals surface area contributed by atoms with Crippen LogP contribution in [0.3, 0.4) is 0 Å². The average molecular weight is 268 g/mol. The Balaban J connectivity index is 2.39. The number of carbonyl (C=O) groups excluding carboxylic acids is 1. The maximum atomic E-state index is 11.5. The maximum absolute atomic E-state index is 11.5. The summed E-state index contributed by atoms with van der Waals surface area (Å²) < 4.78 is 5.29. The van der Waals surface area contributed by atoms with E-state index < -0.39 is 0 Å². The molecule has 1 heterocycles. The van der Waals surface area contributed by atoms with Crippen molar-refractivity contribution in [2.24, 2.45) is 0 Å². The van der Waals surface area contributed by atoms with Crippen LogP contribution in [-0.2, 0) is 0 Å². The molecule has 0 unspecified atom stereocenters. The van der Waals surface area contributed by atoms with Crippen LogP contribution in [0.25, 0.3) is 0 Å². The van der Waals surface area contributed by atoms with Crippen molar-refractivity contribution in [1.29, 1.82) is 0 Å². The highest BCUT2D eigenvalue weighted by molar-refractivity contribution is 6.33. The van der Waals surface area contributed by atoms with Gasteiger partial charge in [-0.1, -0.05) is 11.6 Å². The molecule has 0 bridgehead atoms. The topological polar surface area (TPSA) is 29.5 Å². The van der Waals surface area contributed by atoms with Crippen molar-refractivity contribution in [3.8, 4) is 5.75 Å². The smallest absolute Gasteiger partial charge is 0.163 e. The first kappa shape index (κ1) is 13.2. The Morgan fingerprint density at radius 1 is 1.28 bits per heavy atom. The van der Waals surface area contributed by atoms with Gasteiger partial charge < -0.3 is 9.64 Å². The molecule has 0 saturated carbocycles. The Morgan fingerprint density at radius 2 is 1.94 bits per heavy atom. The van der Waals surface area contributed by atoms with Crippen molar-refractivity contribution >= 4 is 23.1 Å². The van der Waals surface area contributed by atoms with Crippen molar-refractivity contribution in [2.75, 3.05) is 25.1 Å². The minimum atomic E-state index is -0.0288. The number of anilines is 1. The monoisotopic (exact) mass is 267 g/mol. The SMILES string of the molecule is COc1cc(N2CCCCC2)c(Cl)cc1C(C)=O. The molecule has 4 heteroatoms. The molecule has 1 aromatic carbocycles. The van der Waals surface area contributed by atoms with E-state index >= 15 is 0 Å². The quantitative estimate of drug-likeness (QED) is 0.785. The van der Waals surface area contributed by atoms with Gasteiger partial charge in [0.2, 0.25) is 0 Å². The number of Topliss-reactive ketones (excluding diaryl/α,β-unsaturated/α-hetero) is 1. The number of methoxy groups -OCH3 is 1. The summed E-state index contributed by atoms with van der Waals surface area (Å²) in [6.45, 7) is 3.55. The highest BCUT2D eigenvalue weighted by atomic mass is 35.5. The zero-order chi connectivity index (χ0) is 13.1. The zero-order valence-electron chi connectivity index (χ0n) is 10.8. The lowest BCUT2D eigenvalue weighted by molar-refractivity contribution is 0.101. The van der Waals surface area contributed by atoms with Crippen LogP contribution in [0.2, 0.25) is 5.02 Å². The molecule has 0 N–H and O–H groups in total. The highest BCUT2D eigenvalue weighted by Crippen LogP contribution is 2.35. The summed E-state index contributed by atoms with van der Waals surface area (Å²) in [5.41, 5.74) is 1.52. The second kappa shape index (κ2) is 5.61. The number of halogens is 1. The molecule has 1 saturated heterocycles. The van der Waals surface area contributed by atoms with E-state index in [1.165, 1.54) is 26.2 Å². The Hall–Kier alpha value is -1.22. The van der Waals surface area contributed by atoms with Crippen LogP contribution in [0.15, 0.2) is 12.1 Å². The first-order valence-electron chi connectivity index (χ1n) is 6.27. The highest BCUT2D eigenvalue weighted by Gasteiger charge is 2.18. The fourth-order valence-electron chi connectivity index (χ4n) is 2.36. The predicted molar refractivity (Wildman–Crippen MR) is 74.1 cm³/mol. The molecule has 0 aromatic heterocycles. The van der Waals surface area contributed by atoms with Gasteiger partial charge in [0.05, 0.1) is 23.4 Å². The molecule has 18 heavy (non-hydrogen) atoms. The van der Waals surface area contributed by atoms with E-state index in [2.05, 4.69) is 4.90 Å². The van der Waals surface area contributed by atoms with Crippen molar-refractivity contribution < 1.29 is 9.53 Å². The van der Waals surface area contributed by atoms with E-state index in [4.69, 9.17) is 16.3 Å². The first-order chi connectivity index (χ1) is 8.63. The minimum Gasteiger partial charge on any atom is -0.496 e. The lowest BCUT2D eigenvalue weighted by atomic mass is 10.1. The molecule has 2 rings (SSSR count). The van der Waals surface area contributed by atoms with E-state index in [1.807, 2.05) is 6.07 Å². The Morgan fingerprint density at radius 3 is 2.50 bits per heavy atom. The van der Waals surface area contributed by atoms with Crippen LogP contribution >= 0.6 is 11.6 Å². The molecule has 1 fully saturated rings. The van der Waals surface area contributed by atoms with Gasteiger partial charge in [-0.05, 0) is 32.3 Å². The molecule has 0 spiro atoms. The molecule has 1 aromatic rings. The van der Waals surface area contributed by atoms with Gasteiger partial charge in [-0.3, -0.25) is 4.79 Å². The van der Waals surface area contributed by atoms with E-state index in [1.54, 1.807) is 13.2 Å². The largest absolute Gasteiger partial charge is 0.496 e. The number of rotatable bonds is 3. The summed E-state index contributed by atoms with van der Waals surface area (Å²) in [7, 11) is 1.58. The average Bonchev–Trinajstić information content (AvgIpc) is 2.39. The van der Waals surface area contributed by atoms with Crippen LogP contribution in [0.1, 0.15) is 36.5 Å². The number of hydrogen-bond donors (Lipinski definition) is 0. The van der Waals surface area contributed by atoms with Crippen LogP contribution in [0.5, 0.6) is 5.75 Å². The Bertz CT molecular complexity index is 453. The Kier molecular flexibility index (Phi) is 4.12. The number of benzene rings is 1. The standard InChI is InChI=1S/C14H18ClNO2/c1-10(17)11-8-12(15)13(9-14(11)18-2)16-6-4-3-5-7-16/h8-9H,3-7H2,1-2H3. The number of piperidine rings is 1. The number of ketones is 1. The van der Waals surface area contributed by atoms with Crippen LogP contribution < -0.4 is 9.64 Å². The van der Waals surface area contributed by atoms with E-state index in [9.17, 15) is 4.79 Å². The molecule has 98 valence electrons. The molecule has 3 nitrogen and oxygen atoms in total. The van der Waals surface area contributed by atoms with Crippen LogP contribution in [0, 0.1) is 0 Å². The van der Waals surface area contributed by atoms with Crippen LogP contribution in [0.4, 0.5) is 5.69 Å². The predicted octanol–water partition coefficient (Wildman–Crippen LogP) is 3.54. The summed E-state index contributed by atoms with van der Waals surface area (Å²) in [4.78, 5) is 13.8.